The largest absolute Gasteiger partial charge is 0.467 e. The Morgan fingerprint density at radius 3 is 2.47 bits per heavy atom. The van der Waals surface area contributed by atoms with Crippen molar-refractivity contribution in [2.75, 3.05) is 7.11 Å². The number of aliphatic hydroxyl groups is 3. The van der Waals surface area contributed by atoms with Gasteiger partial charge in [0.25, 0.3) is 0 Å². The molecule has 4 fully saturated rings. The highest BCUT2D eigenvalue weighted by atomic mass is 16.7. The Hall–Kier alpha value is -1.32. The Labute approximate surface area is 200 Å². The maximum absolute atomic E-state index is 12.6. The molecule has 190 valence electrons. The number of allylic oxidation sites excluding steroid dienone is 1. The molecule has 34 heavy (non-hydrogen) atoms. The van der Waals surface area contributed by atoms with Crippen LogP contribution in [0.4, 0.5) is 0 Å². The number of fused-ring (bicyclic) bond motifs is 5. The quantitative estimate of drug-likeness (QED) is 0.415. The molecule has 8 heteroatoms. The fraction of sp³-hybridized carbons (Fsp3) is 0.846. The number of esters is 1. The van der Waals surface area contributed by atoms with E-state index in [4.69, 9.17) is 9.47 Å². The minimum absolute atomic E-state index is 0.0754. The van der Waals surface area contributed by atoms with E-state index in [2.05, 4.69) is 24.7 Å². The summed E-state index contributed by atoms with van der Waals surface area (Å²) in [6, 6.07) is 0. The van der Waals surface area contributed by atoms with Crippen molar-refractivity contribution < 1.29 is 39.1 Å². The van der Waals surface area contributed by atoms with Crippen LogP contribution in [-0.4, -0.2) is 71.0 Å². The predicted octanol–water partition coefficient (Wildman–Crippen LogP) is 1.88. The zero-order valence-electron chi connectivity index (χ0n) is 20.3. The SMILES string of the molecule is COC(=O)[C@H]1O[C@@H](O[C@H]2CC[C@@]3(C)C(=CC[C@@H]4[C@@H]3CC[C@]3(C)C(=O)CC[C@@H]43)C2)[C@H](O)[C@@H](O)[C@@H]1O. The second-order valence-electron chi connectivity index (χ2n) is 11.6. The van der Waals surface area contributed by atoms with Crippen molar-refractivity contribution in [3.63, 3.8) is 0 Å². The summed E-state index contributed by atoms with van der Waals surface area (Å²) in [7, 11) is 1.17. The number of hydrogen-bond donors (Lipinski definition) is 3. The van der Waals surface area contributed by atoms with Gasteiger partial charge in [0.2, 0.25) is 0 Å². The van der Waals surface area contributed by atoms with Crippen LogP contribution in [0, 0.1) is 28.6 Å². The molecule has 8 nitrogen and oxygen atoms in total. The zero-order chi connectivity index (χ0) is 24.4. The van der Waals surface area contributed by atoms with E-state index < -0.39 is 36.7 Å². The molecule has 11 atom stereocenters. The number of ketones is 1. The maximum atomic E-state index is 12.6. The second kappa shape index (κ2) is 8.66. The Morgan fingerprint density at radius 1 is 1.03 bits per heavy atom. The first-order valence-corrected chi connectivity index (χ1v) is 12.8. The van der Waals surface area contributed by atoms with E-state index in [1.807, 2.05) is 0 Å². The smallest absolute Gasteiger partial charge is 0.337 e. The van der Waals surface area contributed by atoms with Crippen LogP contribution in [-0.2, 0) is 23.8 Å². The molecule has 0 unspecified atom stereocenters. The molecule has 1 aliphatic heterocycles. The van der Waals surface area contributed by atoms with Gasteiger partial charge in [-0.15, -0.1) is 0 Å². The van der Waals surface area contributed by atoms with Crippen molar-refractivity contribution in [1.82, 2.24) is 0 Å². The van der Waals surface area contributed by atoms with E-state index in [1.54, 1.807) is 0 Å². The normalized spacial score (nSPS) is 50.6. The molecule has 0 bridgehead atoms. The molecule has 0 radical (unpaired) electrons. The third-order valence-corrected chi connectivity index (χ3v) is 10.1. The summed E-state index contributed by atoms with van der Waals surface area (Å²) >= 11 is 0. The molecule has 0 aromatic carbocycles. The molecule has 5 rings (SSSR count). The van der Waals surface area contributed by atoms with Crippen LogP contribution < -0.4 is 0 Å². The molecule has 0 aromatic rings. The van der Waals surface area contributed by atoms with Gasteiger partial charge in [0.15, 0.2) is 12.4 Å². The summed E-state index contributed by atoms with van der Waals surface area (Å²) in [5.41, 5.74) is 1.30. The molecule has 5 aliphatic rings. The first-order chi connectivity index (χ1) is 16.1. The fourth-order valence-electron chi connectivity index (χ4n) is 7.98. The van der Waals surface area contributed by atoms with E-state index in [1.165, 1.54) is 12.7 Å². The van der Waals surface area contributed by atoms with Gasteiger partial charge in [-0.05, 0) is 68.1 Å². The minimum atomic E-state index is -1.59. The van der Waals surface area contributed by atoms with Gasteiger partial charge < -0.3 is 29.5 Å². The van der Waals surface area contributed by atoms with E-state index in [9.17, 15) is 24.9 Å². The average molecular weight is 479 g/mol. The van der Waals surface area contributed by atoms with Gasteiger partial charge in [0.1, 0.15) is 24.1 Å². The average Bonchev–Trinajstić information content (AvgIpc) is 3.13. The van der Waals surface area contributed by atoms with Gasteiger partial charge >= 0.3 is 5.97 Å². The predicted molar refractivity (Wildman–Crippen MR) is 120 cm³/mol. The number of carbonyl (C=O) groups is 2. The Morgan fingerprint density at radius 2 is 1.74 bits per heavy atom. The van der Waals surface area contributed by atoms with Crippen LogP contribution in [0.15, 0.2) is 11.6 Å². The number of hydrogen-bond acceptors (Lipinski definition) is 8. The lowest BCUT2D eigenvalue weighted by Gasteiger charge is -2.57. The topological polar surface area (TPSA) is 123 Å². The van der Waals surface area contributed by atoms with Crippen LogP contribution in [0.3, 0.4) is 0 Å². The minimum Gasteiger partial charge on any atom is -0.467 e. The van der Waals surface area contributed by atoms with Crippen molar-refractivity contribution in [2.24, 2.45) is 28.6 Å². The molecular weight excluding hydrogens is 440 g/mol. The number of ether oxygens (including phenoxy) is 3. The summed E-state index contributed by atoms with van der Waals surface area (Å²) in [6.45, 7) is 4.56. The lowest BCUT2D eigenvalue weighted by molar-refractivity contribution is -0.306. The Balaban J connectivity index is 1.29. The van der Waals surface area contributed by atoms with Crippen LogP contribution in [0.2, 0.25) is 0 Å². The zero-order valence-corrected chi connectivity index (χ0v) is 20.3. The summed E-state index contributed by atoms with van der Waals surface area (Å²) < 4.78 is 16.3. The van der Waals surface area contributed by atoms with Gasteiger partial charge in [-0.25, -0.2) is 4.79 Å². The molecule has 0 spiro atoms. The third-order valence-electron chi connectivity index (χ3n) is 10.1. The lowest BCUT2D eigenvalue weighted by atomic mass is 9.48. The second-order valence-corrected chi connectivity index (χ2v) is 11.6. The van der Waals surface area contributed by atoms with E-state index >= 15 is 0 Å². The van der Waals surface area contributed by atoms with Gasteiger partial charge in [-0.3, -0.25) is 4.79 Å². The standard InChI is InChI=1S/C26H38O8/c1-25-10-8-14(33-24-21(30)19(28)20(29)22(34-24)23(31)32-3)12-13(25)4-5-15-16-6-7-18(27)26(16,2)11-9-17(15)25/h4,14-17,19-22,24,28-30H,5-12H2,1-3H3/t14-,15-,16-,17-,19-,20-,21+,22-,24+,25-,26-/m0/s1. The van der Waals surface area contributed by atoms with E-state index in [0.29, 0.717) is 30.0 Å². The summed E-state index contributed by atoms with van der Waals surface area (Å²) in [5, 5.41) is 30.8. The van der Waals surface area contributed by atoms with Crippen LogP contribution in [0.5, 0.6) is 0 Å². The third kappa shape index (κ3) is 3.60. The highest BCUT2D eigenvalue weighted by Crippen LogP contribution is 2.64. The summed E-state index contributed by atoms with van der Waals surface area (Å²) in [5.74, 6) is 1.24. The molecule has 0 amide bonds. The highest BCUT2D eigenvalue weighted by molar-refractivity contribution is 5.87. The van der Waals surface area contributed by atoms with Gasteiger partial charge in [0, 0.05) is 11.8 Å². The number of aliphatic hydroxyl groups excluding tert-OH is 3. The molecule has 1 saturated heterocycles. The van der Waals surface area contributed by atoms with Crippen molar-refractivity contribution >= 4 is 11.8 Å². The van der Waals surface area contributed by atoms with Crippen molar-refractivity contribution in [2.45, 2.75) is 102 Å². The lowest BCUT2D eigenvalue weighted by Crippen LogP contribution is -2.61. The van der Waals surface area contributed by atoms with Gasteiger partial charge in [0.05, 0.1) is 13.2 Å². The Kier molecular flexibility index (Phi) is 6.21. The van der Waals surface area contributed by atoms with Gasteiger partial charge in [-0.2, -0.15) is 0 Å². The first kappa shape index (κ1) is 24.4. The van der Waals surface area contributed by atoms with Gasteiger partial charge in [-0.1, -0.05) is 25.5 Å². The molecule has 3 saturated carbocycles. The molecule has 4 aliphatic carbocycles. The number of Topliss-reactive ketones (excluding diaryl/α,β-unsaturated/α-hetero) is 1. The van der Waals surface area contributed by atoms with E-state index in [-0.39, 0.29) is 16.9 Å². The van der Waals surface area contributed by atoms with Crippen LogP contribution in [0.1, 0.15) is 65.2 Å². The highest BCUT2D eigenvalue weighted by Gasteiger charge is 2.59. The number of methoxy groups -OCH3 is 1. The molecule has 3 N–H and O–H groups in total. The Bertz CT molecular complexity index is 871. The van der Waals surface area contributed by atoms with Crippen molar-refractivity contribution in [3.05, 3.63) is 11.6 Å². The monoisotopic (exact) mass is 478 g/mol. The van der Waals surface area contributed by atoms with Crippen LogP contribution >= 0.6 is 0 Å². The number of carbonyl (C=O) groups excluding carboxylic acids is 2. The van der Waals surface area contributed by atoms with Crippen LogP contribution in [0.25, 0.3) is 0 Å². The number of rotatable bonds is 3. The first-order valence-electron chi connectivity index (χ1n) is 12.8. The molecule has 0 aromatic heterocycles. The molecule has 1 heterocycles. The fourth-order valence-corrected chi connectivity index (χ4v) is 7.98. The van der Waals surface area contributed by atoms with Crippen molar-refractivity contribution in [1.29, 1.82) is 0 Å². The summed E-state index contributed by atoms with van der Waals surface area (Å²) in [6.07, 6.45) is 2.09. The summed E-state index contributed by atoms with van der Waals surface area (Å²) in [4.78, 5) is 24.6. The molecular formula is C26H38O8. The maximum Gasteiger partial charge on any atom is 0.337 e. The van der Waals surface area contributed by atoms with E-state index in [0.717, 1.165) is 44.9 Å². The van der Waals surface area contributed by atoms with Crippen molar-refractivity contribution in [3.8, 4) is 0 Å².